The maximum Gasteiger partial charge on any atom is 0.137 e. The number of hydrogen-bond donors (Lipinski definition) is 1. The highest BCUT2D eigenvalue weighted by Gasteiger charge is 2.24. The third-order valence-corrected chi connectivity index (χ3v) is 5.67. The number of imidazole rings is 1. The van der Waals surface area contributed by atoms with E-state index in [0.29, 0.717) is 18.4 Å². The lowest BCUT2D eigenvalue weighted by molar-refractivity contribution is 0.133. The molecule has 2 aromatic heterocycles. The Balaban J connectivity index is 1.68. The van der Waals surface area contributed by atoms with E-state index in [1.54, 1.807) is 0 Å². The lowest BCUT2D eigenvalue weighted by atomic mass is 9.92. The Hall–Kier alpha value is -2.79. The summed E-state index contributed by atoms with van der Waals surface area (Å²) in [6.45, 7) is 14.2. The molecule has 0 radical (unpaired) electrons. The molecule has 1 aliphatic heterocycles. The summed E-state index contributed by atoms with van der Waals surface area (Å²) in [6.07, 6.45) is 3.29. The molecule has 2 unspecified atom stereocenters. The Morgan fingerprint density at radius 1 is 1.13 bits per heavy atom. The smallest absolute Gasteiger partial charge is 0.137 e. The molecule has 3 aromatic rings. The number of piperidine rings is 1. The fourth-order valence-corrected chi connectivity index (χ4v) is 4.54. The third kappa shape index (κ3) is 4.51. The van der Waals surface area contributed by atoms with Gasteiger partial charge in [0, 0.05) is 37.1 Å². The molecule has 0 bridgehead atoms. The summed E-state index contributed by atoms with van der Waals surface area (Å²) in [6, 6.07) is 12.1. The molecule has 2 N–H and O–H groups in total. The Labute approximate surface area is 179 Å². The van der Waals surface area contributed by atoms with Crippen molar-refractivity contribution >= 4 is 11.3 Å². The van der Waals surface area contributed by atoms with E-state index in [2.05, 4.69) is 41.9 Å². The van der Waals surface area contributed by atoms with Crippen molar-refractivity contribution in [1.82, 2.24) is 14.3 Å². The molecule has 1 aliphatic rings. The standard InChI is InChI=1S/C25H32N4O/c1-17(2)16-30-22-8-5-20(6-9-22)25-23(15-28-12-18(3)11-19(4)13-28)29-14-21(26)7-10-24(29)27-25/h5-10,14,18-19H,1,11-13,15-16,26H2,2-4H3. The SMILES string of the molecule is C=C(C)COc1ccc(-c2nc3ccc(N)cn3c2CN2CC(C)CC(C)C2)cc1. The molecule has 1 aromatic carbocycles. The molecule has 158 valence electrons. The fraction of sp³-hybridized carbons (Fsp3) is 0.400. The van der Waals surface area contributed by atoms with Crippen LogP contribution >= 0.6 is 0 Å². The van der Waals surface area contributed by atoms with E-state index in [1.807, 2.05) is 37.4 Å². The van der Waals surface area contributed by atoms with Crippen LogP contribution in [0, 0.1) is 11.8 Å². The fourth-order valence-electron chi connectivity index (χ4n) is 4.54. The van der Waals surface area contributed by atoms with E-state index in [-0.39, 0.29) is 0 Å². The zero-order valence-corrected chi connectivity index (χ0v) is 18.3. The molecular weight excluding hydrogens is 372 g/mol. The monoisotopic (exact) mass is 404 g/mol. The highest BCUT2D eigenvalue weighted by molar-refractivity contribution is 5.68. The zero-order valence-electron chi connectivity index (χ0n) is 18.3. The maximum absolute atomic E-state index is 6.11. The van der Waals surface area contributed by atoms with Gasteiger partial charge in [-0.25, -0.2) is 4.98 Å². The maximum atomic E-state index is 6.11. The van der Waals surface area contributed by atoms with Crippen molar-refractivity contribution in [3.05, 3.63) is 60.4 Å². The minimum absolute atomic E-state index is 0.531. The molecule has 1 fully saturated rings. The quantitative estimate of drug-likeness (QED) is 0.586. The van der Waals surface area contributed by atoms with Gasteiger partial charge in [-0.05, 0) is 67.2 Å². The summed E-state index contributed by atoms with van der Waals surface area (Å²) in [7, 11) is 0. The van der Waals surface area contributed by atoms with Gasteiger partial charge in [-0.1, -0.05) is 20.4 Å². The predicted octanol–water partition coefficient (Wildman–Crippen LogP) is 5.02. The first-order chi connectivity index (χ1) is 14.4. The summed E-state index contributed by atoms with van der Waals surface area (Å²) in [5.41, 5.74) is 12.1. The number of fused-ring (bicyclic) bond motifs is 1. The van der Waals surface area contributed by atoms with Crippen molar-refractivity contribution in [2.75, 3.05) is 25.4 Å². The number of nitrogen functional groups attached to an aromatic ring is 1. The molecular formula is C25H32N4O. The Morgan fingerprint density at radius 2 is 1.83 bits per heavy atom. The minimum Gasteiger partial charge on any atom is -0.489 e. The third-order valence-electron chi connectivity index (χ3n) is 5.67. The number of nitrogens with zero attached hydrogens (tertiary/aromatic N) is 3. The summed E-state index contributed by atoms with van der Waals surface area (Å²) >= 11 is 0. The van der Waals surface area contributed by atoms with E-state index in [1.165, 1.54) is 12.1 Å². The Bertz CT molecular complexity index is 1030. The van der Waals surface area contributed by atoms with Crippen molar-refractivity contribution in [1.29, 1.82) is 0 Å². The van der Waals surface area contributed by atoms with Gasteiger partial charge in [-0.2, -0.15) is 0 Å². The number of likely N-dealkylation sites (tertiary alicyclic amines) is 1. The summed E-state index contributed by atoms with van der Waals surface area (Å²) < 4.78 is 7.91. The van der Waals surface area contributed by atoms with Gasteiger partial charge in [-0.3, -0.25) is 4.90 Å². The van der Waals surface area contributed by atoms with Crippen LogP contribution in [-0.4, -0.2) is 34.0 Å². The molecule has 5 heteroatoms. The first kappa shape index (κ1) is 20.5. The van der Waals surface area contributed by atoms with E-state index in [9.17, 15) is 0 Å². The average molecular weight is 405 g/mol. The molecule has 0 saturated carbocycles. The number of hydrogen-bond acceptors (Lipinski definition) is 4. The second kappa shape index (κ2) is 8.52. The van der Waals surface area contributed by atoms with Crippen molar-refractivity contribution in [2.24, 2.45) is 11.8 Å². The topological polar surface area (TPSA) is 55.8 Å². The van der Waals surface area contributed by atoms with Crippen LogP contribution < -0.4 is 10.5 Å². The van der Waals surface area contributed by atoms with Crippen LogP contribution in [0.3, 0.4) is 0 Å². The number of nitrogens with two attached hydrogens (primary N) is 1. The predicted molar refractivity (Wildman–Crippen MR) is 124 cm³/mol. The number of aromatic nitrogens is 2. The highest BCUT2D eigenvalue weighted by atomic mass is 16.5. The molecule has 2 atom stereocenters. The lowest BCUT2D eigenvalue weighted by Crippen LogP contribution is -2.38. The van der Waals surface area contributed by atoms with E-state index in [0.717, 1.165) is 53.5 Å². The first-order valence-electron chi connectivity index (χ1n) is 10.8. The first-order valence-corrected chi connectivity index (χ1v) is 10.8. The van der Waals surface area contributed by atoms with Gasteiger partial charge >= 0.3 is 0 Å². The molecule has 5 nitrogen and oxygen atoms in total. The van der Waals surface area contributed by atoms with Gasteiger partial charge in [0.05, 0.1) is 11.4 Å². The van der Waals surface area contributed by atoms with E-state index < -0.39 is 0 Å². The molecule has 0 aliphatic carbocycles. The summed E-state index contributed by atoms with van der Waals surface area (Å²) in [5, 5.41) is 0. The average Bonchev–Trinajstić information content (AvgIpc) is 3.03. The summed E-state index contributed by atoms with van der Waals surface area (Å²) in [4.78, 5) is 7.51. The second-order valence-electron chi connectivity index (χ2n) is 9.01. The normalized spacial score (nSPS) is 19.8. The highest BCUT2D eigenvalue weighted by Crippen LogP contribution is 2.30. The zero-order chi connectivity index (χ0) is 21.3. The second-order valence-corrected chi connectivity index (χ2v) is 9.01. The van der Waals surface area contributed by atoms with Gasteiger partial charge in [0.2, 0.25) is 0 Å². The van der Waals surface area contributed by atoms with Gasteiger partial charge < -0.3 is 14.9 Å². The number of ether oxygens (including phenoxy) is 1. The molecule has 3 heterocycles. The largest absolute Gasteiger partial charge is 0.489 e. The minimum atomic E-state index is 0.531. The number of rotatable bonds is 6. The van der Waals surface area contributed by atoms with Crippen molar-refractivity contribution in [3.8, 4) is 17.0 Å². The van der Waals surface area contributed by atoms with Crippen LogP contribution in [0.5, 0.6) is 5.75 Å². The van der Waals surface area contributed by atoms with Crippen LogP contribution in [0.2, 0.25) is 0 Å². The van der Waals surface area contributed by atoms with E-state index >= 15 is 0 Å². The number of benzene rings is 1. The molecule has 30 heavy (non-hydrogen) atoms. The van der Waals surface area contributed by atoms with Gasteiger partial charge in [0.1, 0.15) is 18.0 Å². The molecule has 0 spiro atoms. The van der Waals surface area contributed by atoms with Crippen molar-refractivity contribution in [2.45, 2.75) is 33.7 Å². The molecule has 4 rings (SSSR count). The number of anilines is 1. The van der Waals surface area contributed by atoms with E-state index in [4.69, 9.17) is 15.5 Å². The van der Waals surface area contributed by atoms with Crippen molar-refractivity contribution in [3.63, 3.8) is 0 Å². The van der Waals surface area contributed by atoms with Crippen LogP contribution in [0.4, 0.5) is 5.69 Å². The van der Waals surface area contributed by atoms with Gasteiger partial charge in [0.25, 0.3) is 0 Å². The van der Waals surface area contributed by atoms with Crippen LogP contribution in [0.15, 0.2) is 54.7 Å². The Morgan fingerprint density at radius 3 is 2.50 bits per heavy atom. The summed E-state index contributed by atoms with van der Waals surface area (Å²) in [5.74, 6) is 2.27. The van der Waals surface area contributed by atoms with Gasteiger partial charge in [-0.15, -0.1) is 0 Å². The lowest BCUT2D eigenvalue weighted by Gasteiger charge is -2.35. The molecule has 0 amide bonds. The van der Waals surface area contributed by atoms with Crippen LogP contribution in [0.1, 0.15) is 32.9 Å². The van der Waals surface area contributed by atoms with Crippen molar-refractivity contribution < 1.29 is 4.74 Å². The number of pyridine rings is 1. The van der Waals surface area contributed by atoms with Crippen LogP contribution in [-0.2, 0) is 6.54 Å². The van der Waals surface area contributed by atoms with Crippen LogP contribution in [0.25, 0.3) is 16.9 Å². The Kier molecular flexibility index (Phi) is 5.82. The van der Waals surface area contributed by atoms with Gasteiger partial charge in [0.15, 0.2) is 0 Å². The molecule has 1 saturated heterocycles.